The second-order valence-corrected chi connectivity index (χ2v) is 2.85. The van der Waals surface area contributed by atoms with Gasteiger partial charge in [-0.15, -0.1) is 0 Å². The smallest absolute Gasteiger partial charge is 0.164 e. The van der Waals surface area contributed by atoms with Crippen molar-refractivity contribution in [1.82, 2.24) is 0 Å². The van der Waals surface area contributed by atoms with Crippen LogP contribution in [0.25, 0.3) is 0 Å². The molecule has 0 heterocycles. The zero-order valence-electron chi connectivity index (χ0n) is 7.22. The largest absolute Gasteiger partial charge is 0.387 e. The summed E-state index contributed by atoms with van der Waals surface area (Å²) in [4.78, 5) is 0. The molecular weight excluding hydrogens is 176 g/mol. The summed E-state index contributed by atoms with van der Waals surface area (Å²) in [7, 11) is 0. The third kappa shape index (κ3) is 1.84. The van der Waals surface area contributed by atoms with E-state index in [1.807, 2.05) is 0 Å². The minimum absolute atomic E-state index is 0.0920. The minimum atomic E-state index is -1.14. The van der Waals surface area contributed by atoms with Gasteiger partial charge in [-0.1, -0.05) is 12.1 Å². The van der Waals surface area contributed by atoms with Crippen LogP contribution >= 0.6 is 0 Å². The van der Waals surface area contributed by atoms with Crippen LogP contribution in [-0.2, 0) is 0 Å². The highest BCUT2D eigenvalue weighted by molar-refractivity contribution is 5.27. The topological polar surface area (TPSA) is 46.2 Å². The van der Waals surface area contributed by atoms with Crippen LogP contribution in [0.5, 0.6) is 0 Å². The highest BCUT2D eigenvalue weighted by Crippen LogP contribution is 2.20. The molecule has 0 bridgehead atoms. The van der Waals surface area contributed by atoms with Gasteiger partial charge in [0.25, 0.3) is 0 Å². The number of rotatable bonds is 2. The molecule has 13 heavy (non-hydrogen) atoms. The van der Waals surface area contributed by atoms with Gasteiger partial charge in [-0.2, -0.15) is 0 Å². The lowest BCUT2D eigenvalue weighted by atomic mass is 10.1. The van der Waals surface area contributed by atoms with E-state index < -0.39 is 17.7 Å². The molecule has 0 fully saturated rings. The maximum absolute atomic E-state index is 13.1. The van der Waals surface area contributed by atoms with Crippen LogP contribution in [0.2, 0.25) is 0 Å². The standard InChI is InChI=1S/C9H11F2NO/c1-5-2-3-6(7(13)4-12)9(11)8(5)10/h2-3,7,13H,4,12H2,1H3. The maximum Gasteiger partial charge on any atom is 0.164 e. The summed E-state index contributed by atoms with van der Waals surface area (Å²) in [5.74, 6) is -1.94. The number of aliphatic hydroxyl groups is 1. The van der Waals surface area contributed by atoms with Crippen LogP contribution in [0, 0.1) is 18.6 Å². The molecule has 0 saturated carbocycles. The molecule has 0 amide bonds. The predicted octanol–water partition coefficient (Wildman–Crippen LogP) is 1.27. The Hall–Kier alpha value is -1.00. The van der Waals surface area contributed by atoms with Crippen LogP contribution < -0.4 is 5.73 Å². The van der Waals surface area contributed by atoms with Crippen LogP contribution in [0.1, 0.15) is 17.2 Å². The Kier molecular flexibility index (Phi) is 2.95. The van der Waals surface area contributed by atoms with Crippen molar-refractivity contribution in [1.29, 1.82) is 0 Å². The van der Waals surface area contributed by atoms with Gasteiger partial charge in [-0.05, 0) is 12.5 Å². The first-order valence-corrected chi connectivity index (χ1v) is 3.90. The fraction of sp³-hybridized carbons (Fsp3) is 0.333. The third-order valence-electron chi connectivity index (χ3n) is 1.89. The predicted molar refractivity (Wildman–Crippen MR) is 45.1 cm³/mol. The van der Waals surface area contributed by atoms with E-state index in [1.54, 1.807) is 0 Å². The SMILES string of the molecule is Cc1ccc(C(O)CN)c(F)c1F. The van der Waals surface area contributed by atoms with E-state index >= 15 is 0 Å². The van der Waals surface area contributed by atoms with Crippen LogP contribution in [-0.4, -0.2) is 11.7 Å². The summed E-state index contributed by atoms with van der Waals surface area (Å²) >= 11 is 0. The van der Waals surface area contributed by atoms with Gasteiger partial charge in [-0.25, -0.2) is 8.78 Å². The number of nitrogens with two attached hydrogens (primary N) is 1. The van der Waals surface area contributed by atoms with Crippen molar-refractivity contribution in [3.8, 4) is 0 Å². The second kappa shape index (κ2) is 3.81. The quantitative estimate of drug-likeness (QED) is 0.732. The second-order valence-electron chi connectivity index (χ2n) is 2.85. The molecule has 1 rings (SSSR count). The van der Waals surface area contributed by atoms with Gasteiger partial charge in [0.1, 0.15) is 0 Å². The molecule has 0 aromatic heterocycles. The van der Waals surface area contributed by atoms with Gasteiger partial charge < -0.3 is 10.8 Å². The van der Waals surface area contributed by atoms with E-state index in [0.29, 0.717) is 0 Å². The van der Waals surface area contributed by atoms with E-state index in [4.69, 9.17) is 5.73 Å². The van der Waals surface area contributed by atoms with Crippen molar-refractivity contribution in [3.05, 3.63) is 34.9 Å². The number of hydrogen-bond acceptors (Lipinski definition) is 2. The summed E-state index contributed by atoms with van der Waals surface area (Å²) in [6.07, 6.45) is -1.14. The Labute approximate surface area is 75.0 Å². The molecule has 1 atom stereocenters. The molecule has 72 valence electrons. The number of hydrogen-bond donors (Lipinski definition) is 2. The molecule has 0 radical (unpaired) electrons. The molecule has 0 aliphatic carbocycles. The van der Waals surface area contributed by atoms with Crippen molar-refractivity contribution in [2.75, 3.05) is 6.54 Å². The Morgan fingerprint density at radius 1 is 1.38 bits per heavy atom. The molecule has 2 nitrogen and oxygen atoms in total. The lowest BCUT2D eigenvalue weighted by Crippen LogP contribution is -2.14. The molecule has 0 aliphatic heterocycles. The Morgan fingerprint density at radius 2 is 2.00 bits per heavy atom. The number of halogens is 2. The monoisotopic (exact) mass is 187 g/mol. The summed E-state index contributed by atoms with van der Waals surface area (Å²) in [6, 6.07) is 2.75. The molecule has 1 aromatic carbocycles. The first kappa shape index (κ1) is 10.1. The van der Waals surface area contributed by atoms with Crippen molar-refractivity contribution in [2.24, 2.45) is 5.73 Å². The van der Waals surface area contributed by atoms with Gasteiger partial charge in [0.05, 0.1) is 6.10 Å². The molecule has 4 heteroatoms. The highest BCUT2D eigenvalue weighted by Gasteiger charge is 2.15. The fourth-order valence-electron chi connectivity index (χ4n) is 1.05. The fourth-order valence-corrected chi connectivity index (χ4v) is 1.05. The van der Waals surface area contributed by atoms with E-state index in [9.17, 15) is 13.9 Å². The summed E-state index contributed by atoms with van der Waals surface area (Å²) in [5.41, 5.74) is 5.24. The van der Waals surface area contributed by atoms with Gasteiger partial charge in [-0.3, -0.25) is 0 Å². The molecule has 1 unspecified atom stereocenters. The van der Waals surface area contributed by atoms with Crippen molar-refractivity contribution in [3.63, 3.8) is 0 Å². The normalized spacial score (nSPS) is 13.0. The van der Waals surface area contributed by atoms with E-state index in [0.717, 1.165) is 0 Å². The van der Waals surface area contributed by atoms with Gasteiger partial charge in [0.15, 0.2) is 11.6 Å². The average molecular weight is 187 g/mol. The lowest BCUT2D eigenvalue weighted by Gasteiger charge is -2.10. The van der Waals surface area contributed by atoms with Crippen molar-refractivity contribution >= 4 is 0 Å². The van der Waals surface area contributed by atoms with Gasteiger partial charge >= 0.3 is 0 Å². The average Bonchev–Trinajstić information content (AvgIpc) is 2.13. The summed E-state index contributed by atoms with van der Waals surface area (Å²) in [5, 5.41) is 9.19. The zero-order valence-corrected chi connectivity index (χ0v) is 7.22. The van der Waals surface area contributed by atoms with Crippen LogP contribution in [0.3, 0.4) is 0 Å². The van der Waals surface area contributed by atoms with Crippen molar-refractivity contribution in [2.45, 2.75) is 13.0 Å². The number of aryl methyl sites for hydroxylation is 1. The number of aliphatic hydroxyl groups excluding tert-OH is 1. The van der Waals surface area contributed by atoms with Crippen molar-refractivity contribution < 1.29 is 13.9 Å². The van der Waals surface area contributed by atoms with Gasteiger partial charge in [0.2, 0.25) is 0 Å². The molecule has 0 spiro atoms. The summed E-state index contributed by atoms with van der Waals surface area (Å²) < 4.78 is 26.1. The molecular formula is C9H11F2NO. The number of benzene rings is 1. The molecule has 0 saturated heterocycles. The Morgan fingerprint density at radius 3 is 2.54 bits per heavy atom. The first-order chi connectivity index (χ1) is 6.07. The van der Waals surface area contributed by atoms with Crippen LogP contribution in [0.15, 0.2) is 12.1 Å². The molecule has 1 aromatic rings. The molecule has 0 aliphatic rings. The van der Waals surface area contributed by atoms with E-state index in [-0.39, 0.29) is 17.7 Å². The lowest BCUT2D eigenvalue weighted by molar-refractivity contribution is 0.180. The summed E-state index contributed by atoms with van der Waals surface area (Å²) in [6.45, 7) is 1.33. The Bertz CT molecular complexity index is 315. The highest BCUT2D eigenvalue weighted by atomic mass is 19.2. The van der Waals surface area contributed by atoms with E-state index in [2.05, 4.69) is 0 Å². The van der Waals surface area contributed by atoms with Crippen LogP contribution in [0.4, 0.5) is 8.78 Å². The minimum Gasteiger partial charge on any atom is -0.387 e. The van der Waals surface area contributed by atoms with E-state index in [1.165, 1.54) is 19.1 Å². The third-order valence-corrected chi connectivity index (χ3v) is 1.89. The molecule has 3 N–H and O–H groups in total. The first-order valence-electron chi connectivity index (χ1n) is 3.90. The van der Waals surface area contributed by atoms with Gasteiger partial charge in [0, 0.05) is 12.1 Å². The maximum atomic E-state index is 13.1. The zero-order chi connectivity index (χ0) is 10.0. The Balaban J connectivity index is 3.18.